The van der Waals surface area contributed by atoms with Crippen LogP contribution >= 0.6 is 11.6 Å². The van der Waals surface area contributed by atoms with E-state index < -0.39 is 28.8 Å². The molecule has 9 heteroatoms. The fraction of sp³-hybridized carbons (Fsp3) is 0.654. The summed E-state index contributed by atoms with van der Waals surface area (Å²) in [4.78, 5) is 40.0. The summed E-state index contributed by atoms with van der Waals surface area (Å²) in [6, 6.07) is 6.54. The third kappa shape index (κ3) is 4.87. The topological polar surface area (TPSA) is 108 Å². The highest BCUT2D eigenvalue weighted by Crippen LogP contribution is 2.46. The van der Waals surface area contributed by atoms with Crippen LogP contribution in [0.2, 0.25) is 5.02 Å². The van der Waals surface area contributed by atoms with Crippen LogP contribution in [0.5, 0.6) is 0 Å². The number of rotatable bonds is 5. The molecule has 1 aromatic carbocycles. The maximum atomic E-state index is 13.6. The van der Waals surface area contributed by atoms with Gasteiger partial charge in [-0.15, -0.1) is 0 Å². The van der Waals surface area contributed by atoms with Gasteiger partial charge in [0, 0.05) is 35.9 Å². The molecule has 192 valence electrons. The van der Waals surface area contributed by atoms with Crippen molar-refractivity contribution in [3.8, 4) is 0 Å². The second-order valence-corrected chi connectivity index (χ2v) is 11.8. The number of alkyl carbamates (subject to hydrolysis) is 1. The maximum Gasteiger partial charge on any atom is 0.407 e. The average Bonchev–Trinajstić information content (AvgIpc) is 3.38. The van der Waals surface area contributed by atoms with E-state index in [4.69, 9.17) is 16.3 Å². The van der Waals surface area contributed by atoms with Crippen molar-refractivity contribution in [2.24, 2.45) is 17.3 Å². The Morgan fingerprint density at radius 1 is 1.23 bits per heavy atom. The predicted octanol–water partition coefficient (Wildman–Crippen LogP) is 3.21. The van der Waals surface area contributed by atoms with Crippen molar-refractivity contribution in [2.45, 2.75) is 70.6 Å². The van der Waals surface area contributed by atoms with Gasteiger partial charge in [0.05, 0.1) is 12.1 Å². The zero-order valence-corrected chi connectivity index (χ0v) is 21.7. The van der Waals surface area contributed by atoms with Gasteiger partial charge in [0.1, 0.15) is 11.6 Å². The Hall–Kier alpha value is -2.32. The van der Waals surface area contributed by atoms with Crippen molar-refractivity contribution in [1.82, 2.24) is 15.5 Å². The quantitative estimate of drug-likeness (QED) is 0.569. The minimum absolute atomic E-state index is 0.104. The monoisotopic (exact) mass is 505 g/mol. The third-order valence-electron chi connectivity index (χ3n) is 8.11. The Balaban J connectivity index is 1.43. The Bertz CT molecular complexity index is 997. The molecular formula is C26H36ClN3O5. The lowest BCUT2D eigenvalue weighted by molar-refractivity contribution is -0.157. The fourth-order valence-electron chi connectivity index (χ4n) is 5.82. The first-order valence-electron chi connectivity index (χ1n) is 12.4. The molecule has 0 radical (unpaired) electrons. The fourth-order valence-corrected chi connectivity index (χ4v) is 5.95. The molecule has 1 aromatic rings. The van der Waals surface area contributed by atoms with Gasteiger partial charge >= 0.3 is 6.09 Å². The molecule has 3 aliphatic rings. The van der Waals surface area contributed by atoms with Crippen molar-refractivity contribution in [3.63, 3.8) is 0 Å². The number of piperidine rings is 1. The number of benzene rings is 1. The highest BCUT2D eigenvalue weighted by Gasteiger charge is 2.51. The van der Waals surface area contributed by atoms with E-state index in [-0.39, 0.29) is 23.7 Å². The molecule has 3 N–H and O–H groups in total. The van der Waals surface area contributed by atoms with Crippen LogP contribution in [0.15, 0.2) is 24.3 Å². The van der Waals surface area contributed by atoms with E-state index in [9.17, 15) is 19.5 Å². The second-order valence-electron chi connectivity index (χ2n) is 11.4. The second kappa shape index (κ2) is 9.28. The number of carbonyl (C=O) groups is 3. The van der Waals surface area contributed by atoms with Gasteiger partial charge in [-0.25, -0.2) is 4.79 Å². The minimum atomic E-state index is -1.10. The summed E-state index contributed by atoms with van der Waals surface area (Å²) >= 11 is 6.03. The number of carbonyl (C=O) groups excluding carboxylic acids is 3. The SMILES string of the molecule is CC(C)C(NC(=O)C1CCC2(CNC(=O)O2)C1)C(=O)N1CCC(O)(c2ccc(Cl)cc2)C(C)(C)C1. The molecular weight excluding hydrogens is 470 g/mol. The third-order valence-corrected chi connectivity index (χ3v) is 8.37. The van der Waals surface area contributed by atoms with Gasteiger partial charge in [0.15, 0.2) is 0 Å². The van der Waals surface area contributed by atoms with Crippen LogP contribution in [0.1, 0.15) is 58.9 Å². The molecule has 1 spiro atoms. The van der Waals surface area contributed by atoms with E-state index in [1.807, 2.05) is 39.8 Å². The Labute approximate surface area is 211 Å². The molecule has 3 fully saturated rings. The Morgan fingerprint density at radius 3 is 2.49 bits per heavy atom. The van der Waals surface area contributed by atoms with Gasteiger partial charge in [0.2, 0.25) is 11.8 Å². The van der Waals surface area contributed by atoms with Gasteiger partial charge in [-0.05, 0) is 42.9 Å². The van der Waals surface area contributed by atoms with Crippen LogP contribution in [-0.2, 0) is 19.9 Å². The van der Waals surface area contributed by atoms with E-state index in [1.54, 1.807) is 17.0 Å². The lowest BCUT2D eigenvalue weighted by Gasteiger charge is -2.51. The summed E-state index contributed by atoms with van der Waals surface area (Å²) in [5, 5.41) is 17.9. The van der Waals surface area contributed by atoms with E-state index in [0.29, 0.717) is 50.3 Å². The summed E-state index contributed by atoms with van der Waals surface area (Å²) in [5.41, 5.74) is -1.54. The molecule has 0 bridgehead atoms. The summed E-state index contributed by atoms with van der Waals surface area (Å²) < 4.78 is 5.43. The smallest absolute Gasteiger partial charge is 0.407 e. The van der Waals surface area contributed by atoms with Crippen LogP contribution in [0.3, 0.4) is 0 Å². The molecule has 1 aliphatic carbocycles. The van der Waals surface area contributed by atoms with Gasteiger partial charge in [-0.3, -0.25) is 9.59 Å². The maximum absolute atomic E-state index is 13.6. The first-order valence-corrected chi connectivity index (χ1v) is 12.8. The molecule has 35 heavy (non-hydrogen) atoms. The molecule has 1 saturated carbocycles. The minimum Gasteiger partial charge on any atom is -0.441 e. The molecule has 0 aromatic heterocycles. The number of nitrogens with one attached hydrogen (secondary N) is 2. The van der Waals surface area contributed by atoms with E-state index in [2.05, 4.69) is 10.6 Å². The van der Waals surface area contributed by atoms with Crippen LogP contribution in [0.4, 0.5) is 4.79 Å². The predicted molar refractivity (Wildman–Crippen MR) is 132 cm³/mol. The number of amides is 3. The van der Waals surface area contributed by atoms with E-state index in [0.717, 1.165) is 5.56 Å². The summed E-state index contributed by atoms with van der Waals surface area (Å²) in [6.45, 7) is 8.91. The number of likely N-dealkylation sites (tertiary alicyclic amines) is 1. The Morgan fingerprint density at radius 2 is 1.91 bits per heavy atom. The lowest BCUT2D eigenvalue weighted by atomic mass is 9.66. The van der Waals surface area contributed by atoms with Crippen LogP contribution in [-0.4, -0.2) is 59.2 Å². The molecule has 8 nitrogen and oxygen atoms in total. The Kier molecular flexibility index (Phi) is 6.83. The molecule has 2 aliphatic heterocycles. The number of aliphatic hydroxyl groups is 1. The largest absolute Gasteiger partial charge is 0.441 e. The highest BCUT2D eigenvalue weighted by molar-refractivity contribution is 6.30. The molecule has 2 saturated heterocycles. The van der Waals surface area contributed by atoms with Crippen molar-refractivity contribution in [3.05, 3.63) is 34.9 Å². The average molecular weight is 506 g/mol. The number of hydrogen-bond acceptors (Lipinski definition) is 5. The van der Waals surface area contributed by atoms with Gasteiger partial charge in [-0.2, -0.15) is 0 Å². The zero-order valence-electron chi connectivity index (χ0n) is 20.9. The number of hydrogen-bond donors (Lipinski definition) is 3. The highest BCUT2D eigenvalue weighted by atomic mass is 35.5. The number of halogens is 1. The standard InChI is InChI=1S/C26H36ClN3O5/c1-16(2)20(29-21(31)17-9-10-25(13-17)14-28-23(33)35-25)22(32)30-12-11-26(34,24(3,4)15-30)18-5-7-19(27)8-6-18/h5-8,16-17,20,34H,9-15H2,1-4H3,(H,28,33)(H,29,31). The zero-order chi connectivity index (χ0) is 25.6. The van der Waals surface area contributed by atoms with Gasteiger partial charge in [0.25, 0.3) is 0 Å². The van der Waals surface area contributed by atoms with Crippen molar-refractivity contribution < 1.29 is 24.2 Å². The molecule has 4 rings (SSSR count). The van der Waals surface area contributed by atoms with Crippen LogP contribution in [0.25, 0.3) is 0 Å². The van der Waals surface area contributed by atoms with Gasteiger partial charge in [-0.1, -0.05) is 51.4 Å². The van der Waals surface area contributed by atoms with Gasteiger partial charge < -0.3 is 25.4 Å². The van der Waals surface area contributed by atoms with Crippen molar-refractivity contribution >= 4 is 29.5 Å². The van der Waals surface area contributed by atoms with Crippen molar-refractivity contribution in [1.29, 1.82) is 0 Å². The first kappa shape index (κ1) is 25.8. The number of nitrogens with zero attached hydrogens (tertiary/aromatic N) is 1. The summed E-state index contributed by atoms with van der Waals surface area (Å²) in [6.07, 6.45) is 1.66. The molecule has 3 amide bonds. The molecule has 4 atom stereocenters. The van der Waals surface area contributed by atoms with E-state index in [1.165, 1.54) is 0 Å². The molecule has 2 heterocycles. The lowest BCUT2D eigenvalue weighted by Crippen LogP contribution is -2.60. The number of ether oxygens (including phenoxy) is 1. The normalized spacial score (nSPS) is 30.8. The van der Waals surface area contributed by atoms with Crippen LogP contribution < -0.4 is 10.6 Å². The summed E-state index contributed by atoms with van der Waals surface area (Å²) in [5.74, 6) is -0.718. The summed E-state index contributed by atoms with van der Waals surface area (Å²) in [7, 11) is 0. The van der Waals surface area contributed by atoms with Crippen molar-refractivity contribution in [2.75, 3.05) is 19.6 Å². The first-order chi connectivity index (χ1) is 16.4. The van der Waals surface area contributed by atoms with Crippen LogP contribution in [0, 0.1) is 17.3 Å². The van der Waals surface area contributed by atoms with E-state index >= 15 is 0 Å². The molecule has 4 unspecified atom stereocenters.